The molecule has 0 aromatic rings. The van der Waals surface area contributed by atoms with Crippen molar-refractivity contribution in [3.05, 3.63) is 12.7 Å². The second kappa shape index (κ2) is 7.19. The van der Waals surface area contributed by atoms with E-state index in [1.165, 1.54) is 0 Å². The molecule has 26 heavy (non-hydrogen) atoms. The fourth-order valence-electron chi connectivity index (χ4n) is 3.69. The molecule has 0 unspecified atom stereocenters. The smallest absolute Gasteiger partial charge is 0.444 e. The summed E-state index contributed by atoms with van der Waals surface area (Å²) in [6.07, 6.45) is 5.30. The van der Waals surface area contributed by atoms with Crippen LogP contribution < -0.4 is 0 Å². The predicted octanol–water partition coefficient (Wildman–Crippen LogP) is 4.67. The average molecular weight is 365 g/mol. The molecule has 2 rings (SSSR count). The Morgan fingerprint density at radius 2 is 1.65 bits per heavy atom. The van der Waals surface area contributed by atoms with Gasteiger partial charge in [-0.05, 0) is 79.5 Å². The van der Waals surface area contributed by atoms with Crippen molar-refractivity contribution in [3.8, 4) is 0 Å². The third-order valence-electron chi connectivity index (χ3n) is 5.95. The Morgan fingerprint density at radius 1 is 1.15 bits per heavy atom. The number of likely N-dealkylation sites (tertiary alicyclic amines) is 1. The summed E-state index contributed by atoms with van der Waals surface area (Å²) in [5, 5.41) is 0. The summed E-state index contributed by atoms with van der Waals surface area (Å²) in [5.41, 5.74) is -1.04. The number of amides is 1. The second-order valence-corrected chi connectivity index (χ2v) is 9.85. The summed E-state index contributed by atoms with van der Waals surface area (Å²) >= 11 is 0. The van der Waals surface area contributed by atoms with Crippen molar-refractivity contribution in [2.24, 2.45) is 5.41 Å². The largest absolute Gasteiger partial charge is 0.458 e. The number of ether oxygens (including phenoxy) is 1. The Morgan fingerprint density at radius 3 is 2.08 bits per heavy atom. The van der Waals surface area contributed by atoms with Crippen LogP contribution in [-0.4, -0.2) is 48.0 Å². The summed E-state index contributed by atoms with van der Waals surface area (Å²) in [7, 11) is -0.215. The third kappa shape index (κ3) is 4.83. The molecule has 0 aromatic carbocycles. The number of allylic oxidation sites excluding steroid dienone is 1. The Balaban J connectivity index is 2.00. The minimum atomic E-state index is -0.463. The fraction of sp³-hybridized carbons (Fsp3) is 0.850. The number of hydrogen-bond donors (Lipinski definition) is 0. The number of rotatable bonds is 4. The first-order valence-corrected chi connectivity index (χ1v) is 9.74. The standard InChI is InChI=1S/C20H36BNO4/c1-9-10-20(15-21-25-18(5,6)19(7,8)26-21)11-13-22(14-12-20)16(23)24-17(2,3)4/h9H,1,10-15H2,2-8H3. The zero-order chi connectivity index (χ0) is 19.8. The molecule has 0 bridgehead atoms. The lowest BCUT2D eigenvalue weighted by molar-refractivity contribution is 0.00578. The maximum atomic E-state index is 12.3. The van der Waals surface area contributed by atoms with Gasteiger partial charge in [-0.3, -0.25) is 0 Å². The van der Waals surface area contributed by atoms with Crippen LogP contribution in [0.15, 0.2) is 12.7 Å². The molecule has 2 fully saturated rings. The van der Waals surface area contributed by atoms with E-state index in [1.54, 1.807) is 0 Å². The highest BCUT2D eigenvalue weighted by atomic mass is 16.7. The normalized spacial score (nSPS) is 24.4. The minimum Gasteiger partial charge on any atom is -0.444 e. The molecule has 2 saturated heterocycles. The van der Waals surface area contributed by atoms with Crippen LogP contribution in [0.25, 0.3) is 0 Å². The van der Waals surface area contributed by atoms with Crippen LogP contribution in [0.4, 0.5) is 4.79 Å². The summed E-state index contributed by atoms with van der Waals surface area (Å²) in [4.78, 5) is 14.1. The van der Waals surface area contributed by atoms with Crippen molar-refractivity contribution in [3.63, 3.8) is 0 Å². The first-order valence-electron chi connectivity index (χ1n) is 9.74. The van der Waals surface area contributed by atoms with E-state index in [9.17, 15) is 4.79 Å². The first kappa shape index (κ1) is 21.3. The molecule has 148 valence electrons. The highest BCUT2D eigenvalue weighted by Crippen LogP contribution is 2.45. The topological polar surface area (TPSA) is 48.0 Å². The van der Waals surface area contributed by atoms with Crippen molar-refractivity contribution in [2.45, 2.75) is 90.9 Å². The van der Waals surface area contributed by atoms with Gasteiger partial charge < -0.3 is 18.9 Å². The summed E-state index contributed by atoms with van der Waals surface area (Å²) < 4.78 is 17.9. The van der Waals surface area contributed by atoms with E-state index >= 15 is 0 Å². The predicted molar refractivity (Wildman–Crippen MR) is 105 cm³/mol. The van der Waals surface area contributed by atoms with E-state index in [0.29, 0.717) is 13.1 Å². The van der Waals surface area contributed by atoms with Crippen LogP contribution in [0.1, 0.15) is 67.7 Å². The van der Waals surface area contributed by atoms with Crippen molar-refractivity contribution in [1.82, 2.24) is 4.90 Å². The molecule has 0 radical (unpaired) electrons. The van der Waals surface area contributed by atoms with Gasteiger partial charge in [0.1, 0.15) is 5.60 Å². The van der Waals surface area contributed by atoms with E-state index in [0.717, 1.165) is 25.6 Å². The monoisotopic (exact) mass is 365 g/mol. The van der Waals surface area contributed by atoms with Gasteiger partial charge in [0.2, 0.25) is 0 Å². The molecular weight excluding hydrogens is 329 g/mol. The van der Waals surface area contributed by atoms with E-state index in [1.807, 2.05) is 31.7 Å². The van der Waals surface area contributed by atoms with Crippen molar-refractivity contribution in [1.29, 1.82) is 0 Å². The van der Waals surface area contributed by atoms with Crippen LogP contribution in [0.3, 0.4) is 0 Å². The van der Waals surface area contributed by atoms with Gasteiger partial charge in [-0.2, -0.15) is 0 Å². The molecule has 0 N–H and O–H groups in total. The summed E-state index contributed by atoms with van der Waals surface area (Å²) in [6, 6.07) is 0. The van der Waals surface area contributed by atoms with Gasteiger partial charge >= 0.3 is 13.2 Å². The Labute approximate surface area is 159 Å². The Bertz CT molecular complexity index is 514. The summed E-state index contributed by atoms with van der Waals surface area (Å²) in [5.74, 6) is 0. The maximum Gasteiger partial charge on any atom is 0.458 e. The average Bonchev–Trinajstić information content (AvgIpc) is 2.64. The number of carbonyl (C=O) groups excluding carboxylic acids is 1. The van der Waals surface area contributed by atoms with Crippen molar-refractivity contribution >= 4 is 13.2 Å². The lowest BCUT2D eigenvalue weighted by Crippen LogP contribution is -2.46. The molecule has 0 aromatic heterocycles. The SMILES string of the molecule is C=CCC1(CB2OC(C)(C)C(C)(C)O2)CCN(C(=O)OC(C)(C)C)CC1. The van der Waals surface area contributed by atoms with Gasteiger partial charge in [-0.15, -0.1) is 6.58 Å². The molecule has 0 atom stereocenters. The number of carbonyl (C=O) groups is 1. The van der Waals surface area contributed by atoms with E-state index in [-0.39, 0.29) is 29.8 Å². The lowest BCUT2D eigenvalue weighted by atomic mass is 9.62. The highest BCUT2D eigenvalue weighted by Gasteiger charge is 2.53. The van der Waals surface area contributed by atoms with E-state index in [2.05, 4.69) is 34.3 Å². The van der Waals surface area contributed by atoms with E-state index in [4.69, 9.17) is 14.0 Å². The zero-order valence-corrected chi connectivity index (χ0v) is 17.7. The molecule has 2 aliphatic rings. The lowest BCUT2D eigenvalue weighted by Gasteiger charge is -2.42. The van der Waals surface area contributed by atoms with Crippen LogP contribution in [0.2, 0.25) is 6.32 Å². The van der Waals surface area contributed by atoms with Gasteiger partial charge in [0.25, 0.3) is 0 Å². The molecule has 0 saturated carbocycles. The molecule has 6 heteroatoms. The summed E-state index contributed by atoms with van der Waals surface area (Å²) in [6.45, 7) is 19.4. The molecular formula is C20H36BNO4. The van der Waals surface area contributed by atoms with Gasteiger partial charge in [0.05, 0.1) is 11.2 Å². The van der Waals surface area contributed by atoms with Crippen molar-refractivity contribution in [2.75, 3.05) is 13.1 Å². The zero-order valence-electron chi connectivity index (χ0n) is 17.7. The minimum absolute atomic E-state index is 0.0570. The molecule has 0 spiro atoms. The Hall–Kier alpha value is -1.01. The number of hydrogen-bond acceptors (Lipinski definition) is 4. The van der Waals surface area contributed by atoms with Gasteiger partial charge in [0.15, 0.2) is 0 Å². The highest BCUT2D eigenvalue weighted by molar-refractivity contribution is 6.45. The number of nitrogens with zero attached hydrogens (tertiary/aromatic N) is 1. The Kier molecular flexibility index (Phi) is 5.89. The quantitative estimate of drug-likeness (QED) is 0.536. The fourth-order valence-corrected chi connectivity index (χ4v) is 3.69. The molecule has 5 nitrogen and oxygen atoms in total. The van der Waals surface area contributed by atoms with Gasteiger partial charge in [0, 0.05) is 13.1 Å². The van der Waals surface area contributed by atoms with Crippen molar-refractivity contribution < 1.29 is 18.8 Å². The number of piperidine rings is 1. The molecule has 1 amide bonds. The molecule has 2 aliphatic heterocycles. The van der Waals surface area contributed by atoms with Crippen LogP contribution >= 0.6 is 0 Å². The molecule has 0 aliphatic carbocycles. The second-order valence-electron chi connectivity index (χ2n) is 9.85. The van der Waals surface area contributed by atoms with Gasteiger partial charge in [-0.25, -0.2) is 4.79 Å². The van der Waals surface area contributed by atoms with Crippen LogP contribution in [-0.2, 0) is 14.0 Å². The molecule has 2 heterocycles. The first-order chi connectivity index (χ1) is 11.8. The van der Waals surface area contributed by atoms with E-state index < -0.39 is 5.60 Å². The van der Waals surface area contributed by atoms with Crippen LogP contribution in [0.5, 0.6) is 0 Å². The van der Waals surface area contributed by atoms with Gasteiger partial charge in [-0.1, -0.05) is 6.08 Å². The van der Waals surface area contributed by atoms with Crippen LogP contribution in [0, 0.1) is 5.41 Å². The third-order valence-corrected chi connectivity index (χ3v) is 5.95. The maximum absolute atomic E-state index is 12.3.